The molecule has 3 nitrogen and oxygen atoms in total. The lowest BCUT2D eigenvalue weighted by Gasteiger charge is -2.18. The van der Waals surface area contributed by atoms with Gasteiger partial charge in [0, 0.05) is 0 Å². The van der Waals surface area contributed by atoms with Crippen molar-refractivity contribution < 1.29 is 13.9 Å². The highest BCUT2D eigenvalue weighted by Gasteiger charge is 2.21. The van der Waals surface area contributed by atoms with E-state index in [4.69, 9.17) is 27.9 Å². The molecule has 0 radical (unpaired) electrons. The van der Waals surface area contributed by atoms with Crippen LogP contribution >= 0.6 is 23.2 Å². The topological polar surface area (TPSA) is 38.3 Å². The van der Waals surface area contributed by atoms with Gasteiger partial charge in [0.25, 0.3) is 5.91 Å². The molecule has 2 aromatic rings. The molecule has 0 saturated heterocycles. The summed E-state index contributed by atoms with van der Waals surface area (Å²) in [7, 11) is 0. The Balaban J connectivity index is 2.12. The highest BCUT2D eigenvalue weighted by Crippen LogP contribution is 2.30. The van der Waals surface area contributed by atoms with Crippen LogP contribution in [0.4, 0.5) is 10.1 Å². The molecule has 0 heterocycles. The van der Waals surface area contributed by atoms with Crippen molar-refractivity contribution in [3.05, 3.63) is 58.3 Å². The number of benzene rings is 2. The summed E-state index contributed by atoms with van der Waals surface area (Å²) < 4.78 is 19.0. The Morgan fingerprint density at radius 2 is 1.95 bits per heavy atom. The van der Waals surface area contributed by atoms with Crippen molar-refractivity contribution >= 4 is 34.8 Å². The zero-order chi connectivity index (χ0) is 16.1. The van der Waals surface area contributed by atoms with Crippen LogP contribution in [-0.4, -0.2) is 12.0 Å². The second kappa shape index (κ2) is 7.47. The fourth-order valence-electron chi connectivity index (χ4n) is 1.83. The summed E-state index contributed by atoms with van der Waals surface area (Å²) in [5.41, 5.74) is 0.384. The van der Waals surface area contributed by atoms with E-state index in [0.717, 1.165) is 0 Å². The molecular formula is C16H14Cl2FNO2. The number of anilines is 1. The molecule has 1 atom stereocenters. The third-order valence-corrected chi connectivity index (χ3v) is 3.80. The zero-order valence-corrected chi connectivity index (χ0v) is 13.3. The average molecular weight is 342 g/mol. The molecule has 6 heteroatoms. The number of hydrogen-bond donors (Lipinski definition) is 1. The summed E-state index contributed by atoms with van der Waals surface area (Å²) in [6, 6.07) is 10.8. The fourth-order valence-corrected chi connectivity index (χ4v) is 2.18. The molecule has 0 aliphatic heterocycles. The van der Waals surface area contributed by atoms with Gasteiger partial charge in [-0.2, -0.15) is 0 Å². The summed E-state index contributed by atoms with van der Waals surface area (Å²) in [5, 5.41) is 3.22. The number of ether oxygens (including phenoxy) is 1. The Hall–Kier alpha value is -1.78. The van der Waals surface area contributed by atoms with Crippen molar-refractivity contribution in [3.63, 3.8) is 0 Å². The van der Waals surface area contributed by atoms with E-state index in [9.17, 15) is 9.18 Å². The maximum atomic E-state index is 13.6. The number of rotatable bonds is 5. The van der Waals surface area contributed by atoms with Crippen LogP contribution in [0.1, 0.15) is 13.3 Å². The van der Waals surface area contributed by atoms with Crippen LogP contribution in [0.5, 0.6) is 5.75 Å². The van der Waals surface area contributed by atoms with Gasteiger partial charge >= 0.3 is 0 Å². The molecule has 0 fully saturated rings. The number of halogens is 3. The highest BCUT2D eigenvalue weighted by molar-refractivity contribution is 6.44. The summed E-state index contributed by atoms with van der Waals surface area (Å²) in [4.78, 5) is 12.3. The van der Waals surface area contributed by atoms with Gasteiger partial charge in [-0.05, 0) is 30.7 Å². The van der Waals surface area contributed by atoms with Crippen LogP contribution in [-0.2, 0) is 4.79 Å². The molecule has 116 valence electrons. The van der Waals surface area contributed by atoms with Gasteiger partial charge < -0.3 is 10.1 Å². The molecule has 1 amide bonds. The van der Waals surface area contributed by atoms with E-state index in [2.05, 4.69) is 5.32 Å². The molecule has 0 spiro atoms. The van der Waals surface area contributed by atoms with Gasteiger partial charge in [-0.15, -0.1) is 0 Å². The second-order valence-electron chi connectivity index (χ2n) is 4.54. The Labute approximate surface area is 138 Å². The quantitative estimate of drug-likeness (QED) is 0.837. The Morgan fingerprint density at radius 3 is 2.64 bits per heavy atom. The van der Waals surface area contributed by atoms with E-state index in [-0.39, 0.29) is 10.8 Å². The van der Waals surface area contributed by atoms with Crippen molar-refractivity contribution in [2.24, 2.45) is 0 Å². The van der Waals surface area contributed by atoms with E-state index in [1.54, 1.807) is 37.3 Å². The molecular weight excluding hydrogens is 328 g/mol. The molecule has 1 N–H and O–H groups in total. The molecule has 0 aliphatic rings. The van der Waals surface area contributed by atoms with Gasteiger partial charge in [0.05, 0.1) is 15.7 Å². The number of carbonyl (C=O) groups excluding carboxylic acids is 1. The van der Waals surface area contributed by atoms with Crippen molar-refractivity contribution in [3.8, 4) is 5.75 Å². The number of nitrogens with one attached hydrogen (secondary N) is 1. The van der Waals surface area contributed by atoms with Crippen LogP contribution in [0.3, 0.4) is 0 Å². The minimum Gasteiger partial charge on any atom is -0.478 e. The van der Waals surface area contributed by atoms with E-state index < -0.39 is 17.8 Å². The van der Waals surface area contributed by atoms with Crippen molar-refractivity contribution in [2.75, 3.05) is 5.32 Å². The molecule has 2 rings (SSSR count). The van der Waals surface area contributed by atoms with Crippen LogP contribution in [0.2, 0.25) is 10.0 Å². The number of carbonyl (C=O) groups is 1. The lowest BCUT2D eigenvalue weighted by Crippen LogP contribution is -2.32. The second-order valence-corrected chi connectivity index (χ2v) is 5.32. The lowest BCUT2D eigenvalue weighted by atomic mass is 10.2. The number of hydrogen-bond acceptors (Lipinski definition) is 2. The fraction of sp³-hybridized carbons (Fsp3) is 0.188. The van der Waals surface area contributed by atoms with E-state index in [1.165, 1.54) is 12.1 Å². The first kappa shape index (κ1) is 16.6. The van der Waals surface area contributed by atoms with E-state index in [1.807, 2.05) is 0 Å². The van der Waals surface area contributed by atoms with E-state index >= 15 is 0 Å². The molecule has 22 heavy (non-hydrogen) atoms. The smallest absolute Gasteiger partial charge is 0.265 e. The molecule has 0 aromatic heterocycles. The standard InChI is InChI=1S/C16H14Cl2FNO2/c1-2-13(22-14-9-4-3-7-11(14)19)16(21)20-12-8-5-6-10(17)15(12)18/h3-9,13H,2H2,1H3,(H,20,21). The molecule has 2 aromatic carbocycles. The SMILES string of the molecule is CCC(Oc1ccccc1F)C(=O)Nc1cccc(Cl)c1Cl. The first-order valence-electron chi connectivity index (χ1n) is 6.69. The maximum absolute atomic E-state index is 13.6. The summed E-state index contributed by atoms with van der Waals surface area (Å²) >= 11 is 11.9. The number of amides is 1. The highest BCUT2D eigenvalue weighted by atomic mass is 35.5. The van der Waals surface area contributed by atoms with Crippen molar-refractivity contribution in [2.45, 2.75) is 19.4 Å². The van der Waals surface area contributed by atoms with Gasteiger partial charge in [-0.3, -0.25) is 4.79 Å². The largest absolute Gasteiger partial charge is 0.478 e. The molecule has 0 aliphatic carbocycles. The first-order valence-corrected chi connectivity index (χ1v) is 7.44. The maximum Gasteiger partial charge on any atom is 0.265 e. The minimum absolute atomic E-state index is 0.0293. The first-order chi connectivity index (χ1) is 10.5. The van der Waals surface area contributed by atoms with Crippen LogP contribution in [0, 0.1) is 5.82 Å². The van der Waals surface area contributed by atoms with Gasteiger partial charge in [-0.25, -0.2) is 4.39 Å². The Bertz CT molecular complexity index is 679. The Morgan fingerprint density at radius 1 is 1.23 bits per heavy atom. The Kier molecular flexibility index (Phi) is 5.63. The average Bonchev–Trinajstić information content (AvgIpc) is 2.51. The van der Waals surface area contributed by atoms with Gasteiger partial charge in [0.15, 0.2) is 17.7 Å². The lowest BCUT2D eigenvalue weighted by molar-refractivity contribution is -0.122. The molecule has 1 unspecified atom stereocenters. The summed E-state index contributed by atoms with van der Waals surface area (Å²) in [5.74, 6) is -0.911. The molecule has 0 saturated carbocycles. The van der Waals surface area contributed by atoms with Crippen molar-refractivity contribution in [1.29, 1.82) is 0 Å². The third-order valence-electron chi connectivity index (χ3n) is 2.98. The minimum atomic E-state index is -0.841. The molecule has 0 bridgehead atoms. The predicted molar refractivity (Wildman–Crippen MR) is 86.2 cm³/mol. The van der Waals surface area contributed by atoms with Gasteiger partial charge in [-0.1, -0.05) is 48.3 Å². The number of para-hydroxylation sites is 1. The van der Waals surface area contributed by atoms with Crippen LogP contribution in [0.25, 0.3) is 0 Å². The monoisotopic (exact) mass is 341 g/mol. The van der Waals surface area contributed by atoms with E-state index in [0.29, 0.717) is 17.1 Å². The van der Waals surface area contributed by atoms with Gasteiger partial charge in [0.1, 0.15) is 0 Å². The normalized spacial score (nSPS) is 11.8. The summed E-state index contributed by atoms with van der Waals surface area (Å²) in [6.45, 7) is 1.77. The van der Waals surface area contributed by atoms with Gasteiger partial charge in [0.2, 0.25) is 0 Å². The van der Waals surface area contributed by atoms with Crippen molar-refractivity contribution in [1.82, 2.24) is 0 Å². The summed E-state index contributed by atoms with van der Waals surface area (Å²) in [6.07, 6.45) is -0.467. The van der Waals surface area contributed by atoms with Crippen LogP contribution < -0.4 is 10.1 Å². The third kappa shape index (κ3) is 3.90. The predicted octanol–water partition coefficient (Wildman–Crippen LogP) is 4.93. The van der Waals surface area contributed by atoms with Crippen LogP contribution in [0.15, 0.2) is 42.5 Å². The zero-order valence-electron chi connectivity index (χ0n) is 11.8.